The summed E-state index contributed by atoms with van der Waals surface area (Å²) in [5.41, 5.74) is 2.71. The van der Waals surface area contributed by atoms with Gasteiger partial charge >= 0.3 is 0 Å². The molecule has 2 aromatic carbocycles. The molecule has 0 saturated heterocycles. The number of pyridine rings is 1. The summed E-state index contributed by atoms with van der Waals surface area (Å²) >= 11 is 0. The number of aromatic nitrogens is 1. The van der Waals surface area contributed by atoms with Crippen LogP contribution in [-0.4, -0.2) is 44.4 Å². The van der Waals surface area contributed by atoms with Crippen LogP contribution in [0.1, 0.15) is 38.2 Å². The Hall–Kier alpha value is -2.96. The number of ether oxygens (including phenoxy) is 3. The number of para-hydroxylation sites is 1. The third-order valence-electron chi connectivity index (χ3n) is 6.91. The number of fused-ring (bicyclic) bond motifs is 1. The number of carbonyl (C=O) groups is 1. The molecule has 1 fully saturated rings. The molecule has 1 heterocycles. The van der Waals surface area contributed by atoms with Crippen molar-refractivity contribution in [1.29, 1.82) is 0 Å². The predicted molar refractivity (Wildman–Crippen MR) is 139 cm³/mol. The summed E-state index contributed by atoms with van der Waals surface area (Å²) in [4.78, 5) is 20.3. The number of anilines is 1. The lowest BCUT2D eigenvalue weighted by Crippen LogP contribution is -2.49. The van der Waals surface area contributed by atoms with Crippen LogP contribution < -0.4 is 9.64 Å². The summed E-state index contributed by atoms with van der Waals surface area (Å²) < 4.78 is 17.1. The predicted octanol–water partition coefficient (Wildman–Crippen LogP) is 6.16. The van der Waals surface area contributed by atoms with Crippen LogP contribution in [0.2, 0.25) is 0 Å². The SMILES string of the molecule is COCC(COC)N(c1ccc(Oc2ccc3ccccc3n2)cc1C)C(=O)[C@H]1CC[C@H](C)CC1. The Morgan fingerprint density at radius 3 is 2.40 bits per heavy atom. The highest BCUT2D eigenvalue weighted by molar-refractivity contribution is 5.96. The van der Waals surface area contributed by atoms with E-state index in [9.17, 15) is 4.79 Å². The maximum Gasteiger partial charge on any atom is 0.230 e. The van der Waals surface area contributed by atoms with E-state index in [0.29, 0.717) is 30.8 Å². The van der Waals surface area contributed by atoms with Gasteiger partial charge in [0.1, 0.15) is 5.75 Å². The average molecular weight is 477 g/mol. The van der Waals surface area contributed by atoms with Gasteiger partial charge in [-0.2, -0.15) is 0 Å². The molecule has 3 aromatic rings. The second kappa shape index (κ2) is 11.6. The Balaban J connectivity index is 1.61. The fourth-order valence-electron chi connectivity index (χ4n) is 4.97. The molecule has 1 aliphatic carbocycles. The van der Waals surface area contributed by atoms with Gasteiger partial charge in [-0.05, 0) is 74.4 Å². The van der Waals surface area contributed by atoms with E-state index < -0.39 is 0 Å². The fourth-order valence-corrected chi connectivity index (χ4v) is 4.97. The van der Waals surface area contributed by atoms with Crippen molar-refractivity contribution < 1.29 is 19.0 Å². The van der Waals surface area contributed by atoms with Gasteiger partial charge in [-0.15, -0.1) is 0 Å². The van der Waals surface area contributed by atoms with Gasteiger partial charge in [0, 0.05) is 37.3 Å². The van der Waals surface area contributed by atoms with Gasteiger partial charge in [0.15, 0.2) is 0 Å². The first-order valence-corrected chi connectivity index (χ1v) is 12.5. The molecule has 0 aliphatic heterocycles. The molecule has 0 radical (unpaired) electrons. The van der Waals surface area contributed by atoms with Crippen molar-refractivity contribution in [1.82, 2.24) is 4.98 Å². The van der Waals surface area contributed by atoms with E-state index in [1.807, 2.05) is 66.4 Å². The van der Waals surface area contributed by atoms with Gasteiger partial charge in [-0.25, -0.2) is 4.98 Å². The van der Waals surface area contributed by atoms with Crippen LogP contribution in [0.3, 0.4) is 0 Å². The molecule has 186 valence electrons. The largest absolute Gasteiger partial charge is 0.439 e. The van der Waals surface area contributed by atoms with E-state index >= 15 is 0 Å². The third-order valence-corrected chi connectivity index (χ3v) is 6.91. The first-order valence-electron chi connectivity index (χ1n) is 12.5. The lowest BCUT2D eigenvalue weighted by atomic mass is 9.82. The zero-order chi connectivity index (χ0) is 24.8. The first kappa shape index (κ1) is 25.1. The zero-order valence-corrected chi connectivity index (χ0v) is 21.2. The van der Waals surface area contributed by atoms with Gasteiger partial charge in [-0.1, -0.05) is 25.1 Å². The molecule has 6 heteroatoms. The van der Waals surface area contributed by atoms with Crippen molar-refractivity contribution >= 4 is 22.5 Å². The molecule has 1 aromatic heterocycles. The van der Waals surface area contributed by atoms with Crippen LogP contribution in [0.25, 0.3) is 10.9 Å². The van der Waals surface area contributed by atoms with Crippen molar-refractivity contribution in [2.45, 2.75) is 45.6 Å². The molecular formula is C29H36N2O4. The van der Waals surface area contributed by atoms with Crippen LogP contribution in [0.5, 0.6) is 11.6 Å². The minimum Gasteiger partial charge on any atom is -0.439 e. The highest BCUT2D eigenvalue weighted by Crippen LogP contribution is 2.34. The minimum absolute atomic E-state index is 0.0274. The molecular weight excluding hydrogens is 440 g/mol. The van der Waals surface area contributed by atoms with Crippen LogP contribution in [0, 0.1) is 18.8 Å². The topological polar surface area (TPSA) is 60.9 Å². The lowest BCUT2D eigenvalue weighted by Gasteiger charge is -2.36. The van der Waals surface area contributed by atoms with E-state index in [0.717, 1.165) is 47.8 Å². The van der Waals surface area contributed by atoms with Gasteiger partial charge in [0.25, 0.3) is 0 Å². The molecule has 0 atom stereocenters. The standard InChI is InChI=1S/C29H36N2O4/c1-20-9-11-23(12-10-20)29(32)31(24(18-33-3)19-34-4)27-15-14-25(17-21(27)2)35-28-16-13-22-7-5-6-8-26(22)30-28/h5-8,13-17,20,23-24H,9-12,18-19H2,1-4H3/t20-,23-. The normalized spacial score (nSPS) is 18.1. The number of aryl methyl sites for hydroxylation is 1. The molecule has 0 unspecified atom stereocenters. The van der Waals surface area contributed by atoms with Crippen molar-refractivity contribution in [2.24, 2.45) is 11.8 Å². The van der Waals surface area contributed by atoms with Crippen LogP contribution in [0.4, 0.5) is 5.69 Å². The first-order chi connectivity index (χ1) is 17.0. The molecule has 0 spiro atoms. The second-order valence-corrected chi connectivity index (χ2v) is 9.62. The van der Waals surface area contributed by atoms with E-state index in [1.54, 1.807) is 14.2 Å². The van der Waals surface area contributed by atoms with E-state index in [4.69, 9.17) is 14.2 Å². The Kier molecular flexibility index (Phi) is 8.37. The molecule has 0 N–H and O–H groups in total. The third kappa shape index (κ3) is 6.00. The molecule has 4 rings (SSSR count). The molecule has 1 aliphatic rings. The smallest absolute Gasteiger partial charge is 0.230 e. The maximum atomic E-state index is 13.8. The summed E-state index contributed by atoms with van der Waals surface area (Å²) in [6, 6.07) is 17.5. The van der Waals surface area contributed by atoms with Crippen LogP contribution in [-0.2, 0) is 14.3 Å². The minimum atomic E-state index is -0.204. The Morgan fingerprint density at radius 1 is 1.00 bits per heavy atom. The summed E-state index contributed by atoms with van der Waals surface area (Å²) in [5.74, 6) is 2.09. The molecule has 35 heavy (non-hydrogen) atoms. The summed E-state index contributed by atoms with van der Waals surface area (Å²) in [6.07, 6.45) is 4.04. The molecule has 1 amide bonds. The zero-order valence-electron chi connectivity index (χ0n) is 21.2. The second-order valence-electron chi connectivity index (χ2n) is 9.62. The number of hydrogen-bond acceptors (Lipinski definition) is 5. The van der Waals surface area contributed by atoms with Gasteiger partial charge in [-0.3, -0.25) is 4.79 Å². The molecule has 0 bridgehead atoms. The molecule has 1 saturated carbocycles. The van der Waals surface area contributed by atoms with E-state index in [1.165, 1.54) is 0 Å². The number of amides is 1. The average Bonchev–Trinajstić information content (AvgIpc) is 2.86. The van der Waals surface area contributed by atoms with E-state index in [-0.39, 0.29) is 17.9 Å². The highest BCUT2D eigenvalue weighted by Gasteiger charge is 2.33. The lowest BCUT2D eigenvalue weighted by molar-refractivity contribution is -0.124. The molecule has 6 nitrogen and oxygen atoms in total. The van der Waals surface area contributed by atoms with E-state index in [2.05, 4.69) is 11.9 Å². The van der Waals surface area contributed by atoms with Crippen molar-refractivity contribution in [3.8, 4) is 11.6 Å². The van der Waals surface area contributed by atoms with Gasteiger partial charge < -0.3 is 19.1 Å². The van der Waals surface area contributed by atoms with Gasteiger partial charge in [0.2, 0.25) is 11.8 Å². The quantitative estimate of drug-likeness (QED) is 0.370. The number of rotatable bonds is 9. The maximum absolute atomic E-state index is 13.8. The van der Waals surface area contributed by atoms with Crippen molar-refractivity contribution in [3.05, 3.63) is 60.2 Å². The number of hydrogen-bond donors (Lipinski definition) is 0. The summed E-state index contributed by atoms with van der Waals surface area (Å²) in [6.45, 7) is 5.09. The number of carbonyl (C=O) groups excluding carboxylic acids is 1. The number of nitrogens with zero attached hydrogens (tertiary/aromatic N) is 2. The summed E-state index contributed by atoms with van der Waals surface area (Å²) in [7, 11) is 3.32. The van der Waals surface area contributed by atoms with Crippen LogP contribution >= 0.6 is 0 Å². The van der Waals surface area contributed by atoms with Crippen molar-refractivity contribution in [2.75, 3.05) is 32.3 Å². The van der Waals surface area contributed by atoms with Crippen LogP contribution in [0.15, 0.2) is 54.6 Å². The monoisotopic (exact) mass is 476 g/mol. The highest BCUT2D eigenvalue weighted by atomic mass is 16.5. The number of methoxy groups -OCH3 is 2. The number of benzene rings is 2. The fraction of sp³-hybridized carbons (Fsp3) is 0.448. The Labute approximate surface area is 208 Å². The Bertz CT molecular complexity index is 1130. The Morgan fingerprint density at radius 2 is 1.71 bits per heavy atom. The summed E-state index contributed by atoms with van der Waals surface area (Å²) in [5, 5.41) is 1.07. The van der Waals surface area contributed by atoms with Gasteiger partial charge in [0.05, 0.1) is 24.8 Å². The van der Waals surface area contributed by atoms with Crippen molar-refractivity contribution in [3.63, 3.8) is 0 Å².